The fourth-order valence-corrected chi connectivity index (χ4v) is 1.70. The number of carboxylic acid groups (broad SMARTS) is 1. The average Bonchev–Trinajstić information content (AvgIpc) is 2.85. The van der Waals surface area contributed by atoms with Crippen LogP contribution in [-0.2, 0) is 11.2 Å². The molecule has 0 aliphatic rings. The Labute approximate surface area is 104 Å². The van der Waals surface area contributed by atoms with Crippen molar-refractivity contribution in [1.29, 1.82) is 0 Å². The Morgan fingerprint density at radius 3 is 2.94 bits per heavy atom. The summed E-state index contributed by atoms with van der Waals surface area (Å²) in [6.07, 6.45) is 2.19. The number of ether oxygens (including phenoxy) is 1. The zero-order chi connectivity index (χ0) is 13.0. The molecule has 5 heteroatoms. The summed E-state index contributed by atoms with van der Waals surface area (Å²) >= 11 is 0. The van der Waals surface area contributed by atoms with Crippen molar-refractivity contribution >= 4 is 5.97 Å². The minimum absolute atomic E-state index is 0.0908. The highest BCUT2D eigenvalue weighted by Crippen LogP contribution is 2.27. The molecule has 0 fully saturated rings. The number of imidazole rings is 1. The van der Waals surface area contributed by atoms with Gasteiger partial charge in [0.1, 0.15) is 11.6 Å². The molecule has 0 aliphatic heterocycles. The smallest absolute Gasteiger partial charge is 0.303 e. The van der Waals surface area contributed by atoms with Gasteiger partial charge in [0.25, 0.3) is 0 Å². The third-order valence-corrected chi connectivity index (χ3v) is 2.60. The molecule has 0 atom stereocenters. The van der Waals surface area contributed by atoms with E-state index in [0.717, 1.165) is 17.0 Å². The van der Waals surface area contributed by atoms with Crippen LogP contribution in [0.25, 0.3) is 11.4 Å². The zero-order valence-corrected chi connectivity index (χ0v) is 10.0. The first-order valence-corrected chi connectivity index (χ1v) is 5.60. The Balaban J connectivity index is 2.21. The van der Waals surface area contributed by atoms with Crippen molar-refractivity contribution in [3.05, 3.63) is 36.2 Å². The van der Waals surface area contributed by atoms with E-state index in [2.05, 4.69) is 9.97 Å². The highest BCUT2D eigenvalue weighted by atomic mass is 16.5. The third-order valence-electron chi connectivity index (χ3n) is 2.60. The lowest BCUT2D eigenvalue weighted by Crippen LogP contribution is -1.97. The van der Waals surface area contributed by atoms with Gasteiger partial charge in [-0.25, -0.2) is 4.98 Å². The van der Waals surface area contributed by atoms with Crippen molar-refractivity contribution in [2.24, 2.45) is 0 Å². The largest absolute Gasteiger partial charge is 0.496 e. The van der Waals surface area contributed by atoms with Crippen molar-refractivity contribution in [3.63, 3.8) is 0 Å². The first-order valence-electron chi connectivity index (χ1n) is 5.60. The van der Waals surface area contributed by atoms with Crippen LogP contribution in [0.4, 0.5) is 0 Å². The van der Waals surface area contributed by atoms with E-state index in [0.29, 0.717) is 12.2 Å². The number of benzene rings is 1. The van der Waals surface area contributed by atoms with E-state index in [1.807, 2.05) is 24.3 Å². The fraction of sp³-hybridized carbons (Fsp3) is 0.231. The summed E-state index contributed by atoms with van der Waals surface area (Å²) in [5, 5.41) is 8.63. The van der Waals surface area contributed by atoms with Crippen molar-refractivity contribution in [2.75, 3.05) is 7.11 Å². The lowest BCUT2D eigenvalue weighted by Gasteiger charge is -2.04. The molecule has 0 saturated carbocycles. The van der Waals surface area contributed by atoms with Crippen molar-refractivity contribution in [2.45, 2.75) is 12.8 Å². The maximum Gasteiger partial charge on any atom is 0.303 e. The predicted octanol–water partition coefficient (Wildman–Crippen LogP) is 2.10. The molecule has 18 heavy (non-hydrogen) atoms. The lowest BCUT2D eigenvalue weighted by atomic mass is 10.2. The molecule has 0 bridgehead atoms. The second-order valence-electron chi connectivity index (χ2n) is 3.85. The average molecular weight is 246 g/mol. The number of aliphatic carboxylic acids is 1. The minimum Gasteiger partial charge on any atom is -0.496 e. The first-order chi connectivity index (χ1) is 8.70. The van der Waals surface area contributed by atoms with Gasteiger partial charge in [0.2, 0.25) is 0 Å². The Bertz CT molecular complexity index is 549. The highest BCUT2D eigenvalue weighted by Gasteiger charge is 2.09. The third kappa shape index (κ3) is 2.68. The van der Waals surface area contributed by atoms with Crippen LogP contribution in [0.2, 0.25) is 0 Å². The van der Waals surface area contributed by atoms with Crippen molar-refractivity contribution in [3.8, 4) is 17.1 Å². The number of carbonyl (C=O) groups is 1. The Hall–Kier alpha value is -2.30. The van der Waals surface area contributed by atoms with E-state index in [1.165, 1.54) is 0 Å². The summed E-state index contributed by atoms with van der Waals surface area (Å²) in [7, 11) is 1.60. The normalized spacial score (nSPS) is 10.3. The maximum atomic E-state index is 10.5. The van der Waals surface area contributed by atoms with E-state index in [9.17, 15) is 4.79 Å². The van der Waals surface area contributed by atoms with Gasteiger partial charge in [-0.3, -0.25) is 4.79 Å². The monoisotopic (exact) mass is 246 g/mol. The highest BCUT2D eigenvalue weighted by molar-refractivity contribution is 5.67. The Morgan fingerprint density at radius 2 is 2.22 bits per heavy atom. The van der Waals surface area contributed by atoms with Crippen LogP contribution in [-0.4, -0.2) is 28.2 Å². The number of carboxylic acids is 1. The van der Waals surface area contributed by atoms with Crippen LogP contribution < -0.4 is 4.74 Å². The standard InChI is InChI=1S/C13H14N2O3/c1-18-11-5-3-2-4-10(11)13-14-8-9(15-13)6-7-12(16)17/h2-5,8H,6-7H2,1H3,(H,14,15)(H,16,17). The summed E-state index contributed by atoms with van der Waals surface area (Å²) in [6, 6.07) is 7.54. The van der Waals surface area contributed by atoms with Gasteiger partial charge in [0.15, 0.2) is 0 Å². The molecule has 1 heterocycles. The van der Waals surface area contributed by atoms with E-state index >= 15 is 0 Å². The van der Waals surface area contributed by atoms with E-state index < -0.39 is 5.97 Å². The van der Waals surface area contributed by atoms with Gasteiger partial charge in [-0.2, -0.15) is 0 Å². The topological polar surface area (TPSA) is 75.2 Å². The summed E-state index contributed by atoms with van der Waals surface area (Å²) in [4.78, 5) is 17.8. The number of nitrogens with one attached hydrogen (secondary N) is 1. The van der Waals surface area contributed by atoms with Crippen molar-refractivity contribution in [1.82, 2.24) is 9.97 Å². The predicted molar refractivity (Wildman–Crippen MR) is 66.5 cm³/mol. The van der Waals surface area contributed by atoms with E-state index in [4.69, 9.17) is 9.84 Å². The number of para-hydroxylation sites is 1. The van der Waals surface area contributed by atoms with Gasteiger partial charge in [0.05, 0.1) is 19.1 Å². The van der Waals surface area contributed by atoms with Crippen LogP contribution in [0, 0.1) is 0 Å². The zero-order valence-electron chi connectivity index (χ0n) is 10.0. The quantitative estimate of drug-likeness (QED) is 0.847. The molecule has 2 rings (SSSR count). The lowest BCUT2D eigenvalue weighted by molar-refractivity contribution is -0.136. The van der Waals surface area contributed by atoms with Gasteiger partial charge in [-0.05, 0) is 18.6 Å². The molecular formula is C13H14N2O3. The van der Waals surface area contributed by atoms with Gasteiger partial charge in [-0.1, -0.05) is 12.1 Å². The minimum atomic E-state index is -0.816. The Morgan fingerprint density at radius 1 is 1.44 bits per heavy atom. The SMILES string of the molecule is COc1ccccc1-c1ncc(CCC(=O)O)[nH]1. The number of methoxy groups -OCH3 is 1. The van der Waals surface area contributed by atoms with Crippen LogP contribution in [0.5, 0.6) is 5.75 Å². The fourth-order valence-electron chi connectivity index (χ4n) is 1.70. The molecule has 0 unspecified atom stereocenters. The number of aromatic nitrogens is 2. The van der Waals surface area contributed by atoms with Gasteiger partial charge >= 0.3 is 5.97 Å². The number of H-pyrrole nitrogens is 1. The molecule has 5 nitrogen and oxygen atoms in total. The van der Waals surface area contributed by atoms with E-state index in [-0.39, 0.29) is 6.42 Å². The molecule has 0 spiro atoms. The number of hydrogen-bond donors (Lipinski definition) is 2. The maximum absolute atomic E-state index is 10.5. The molecule has 0 aliphatic carbocycles. The van der Waals surface area contributed by atoms with Gasteiger partial charge in [0, 0.05) is 11.9 Å². The number of rotatable bonds is 5. The first kappa shape index (κ1) is 12.2. The van der Waals surface area contributed by atoms with Crippen LogP contribution in [0.3, 0.4) is 0 Å². The molecular weight excluding hydrogens is 232 g/mol. The van der Waals surface area contributed by atoms with Crippen molar-refractivity contribution < 1.29 is 14.6 Å². The molecule has 0 amide bonds. The van der Waals surface area contributed by atoms with Crippen LogP contribution >= 0.6 is 0 Å². The molecule has 94 valence electrons. The van der Waals surface area contributed by atoms with Gasteiger partial charge in [-0.15, -0.1) is 0 Å². The Kier molecular flexibility index (Phi) is 3.62. The summed E-state index contributed by atoms with van der Waals surface area (Å²) in [5.41, 5.74) is 1.67. The summed E-state index contributed by atoms with van der Waals surface area (Å²) < 4.78 is 5.25. The van der Waals surface area contributed by atoms with E-state index in [1.54, 1.807) is 13.3 Å². The molecule has 0 radical (unpaired) electrons. The summed E-state index contributed by atoms with van der Waals surface area (Å²) in [6.45, 7) is 0. The number of nitrogens with zero attached hydrogens (tertiary/aromatic N) is 1. The second kappa shape index (κ2) is 5.35. The number of aryl methyl sites for hydroxylation is 1. The number of aromatic amines is 1. The molecule has 2 aromatic rings. The number of hydrogen-bond acceptors (Lipinski definition) is 3. The van der Waals surface area contributed by atoms with Crippen LogP contribution in [0.15, 0.2) is 30.5 Å². The summed E-state index contributed by atoms with van der Waals surface area (Å²) in [5.74, 6) is 0.605. The molecule has 1 aromatic carbocycles. The molecule has 2 N–H and O–H groups in total. The van der Waals surface area contributed by atoms with Gasteiger partial charge < -0.3 is 14.8 Å². The van der Waals surface area contributed by atoms with Crippen LogP contribution in [0.1, 0.15) is 12.1 Å². The molecule has 0 saturated heterocycles. The molecule has 1 aromatic heterocycles. The second-order valence-corrected chi connectivity index (χ2v) is 3.85.